The summed E-state index contributed by atoms with van der Waals surface area (Å²) in [4.78, 5) is 13.1. The van der Waals surface area contributed by atoms with E-state index in [1.54, 1.807) is 6.07 Å². The smallest absolute Gasteiger partial charge is 0.252 e. The van der Waals surface area contributed by atoms with Crippen molar-refractivity contribution in [2.45, 2.75) is 50.3 Å². The average molecular weight is 345 g/mol. The molecule has 5 nitrogen and oxygen atoms in total. The Bertz CT molecular complexity index is 614. The molecule has 1 fully saturated rings. The fourth-order valence-corrected chi connectivity index (χ4v) is 5.49. The molecule has 22 heavy (non-hydrogen) atoms. The van der Waals surface area contributed by atoms with Crippen LogP contribution in [0.5, 0.6) is 0 Å². The maximum Gasteiger partial charge on any atom is 0.252 e. The van der Waals surface area contributed by atoms with Gasteiger partial charge < -0.3 is 5.32 Å². The van der Waals surface area contributed by atoms with E-state index in [-0.39, 0.29) is 17.9 Å². The van der Waals surface area contributed by atoms with Crippen molar-refractivity contribution in [3.8, 4) is 0 Å². The van der Waals surface area contributed by atoms with Crippen LogP contribution in [0.3, 0.4) is 0 Å². The molecule has 124 valence electrons. The second kappa shape index (κ2) is 7.10. The molecule has 0 spiro atoms. The number of thiophene rings is 1. The number of sulfonamides is 1. The molecular formula is C15H24N2O3S2. The van der Waals surface area contributed by atoms with Crippen LogP contribution in [-0.4, -0.2) is 37.8 Å². The van der Waals surface area contributed by atoms with Gasteiger partial charge in [0.1, 0.15) is 4.21 Å². The summed E-state index contributed by atoms with van der Waals surface area (Å²) in [5.74, 6) is -0.0418. The van der Waals surface area contributed by atoms with Gasteiger partial charge >= 0.3 is 0 Å². The summed E-state index contributed by atoms with van der Waals surface area (Å²) < 4.78 is 27.1. The van der Waals surface area contributed by atoms with Gasteiger partial charge in [0.05, 0.1) is 0 Å². The Morgan fingerprint density at radius 2 is 2.00 bits per heavy atom. The minimum Gasteiger partial charge on any atom is -0.354 e. The fraction of sp³-hybridized carbons (Fsp3) is 0.667. The van der Waals surface area contributed by atoms with E-state index in [0.29, 0.717) is 30.1 Å². The second-order valence-electron chi connectivity index (χ2n) is 5.92. The minimum absolute atomic E-state index is 0.0384. The molecule has 0 radical (unpaired) electrons. The third kappa shape index (κ3) is 3.88. The van der Waals surface area contributed by atoms with Crippen molar-refractivity contribution in [3.63, 3.8) is 0 Å². The summed E-state index contributed by atoms with van der Waals surface area (Å²) in [7, 11) is -3.40. The topological polar surface area (TPSA) is 66.5 Å². The number of hydrogen-bond donors (Lipinski definition) is 1. The third-order valence-electron chi connectivity index (χ3n) is 3.84. The quantitative estimate of drug-likeness (QED) is 0.891. The Morgan fingerprint density at radius 1 is 1.36 bits per heavy atom. The van der Waals surface area contributed by atoms with Gasteiger partial charge in [0.2, 0.25) is 5.91 Å². The number of nitrogens with zero attached hydrogens (tertiary/aromatic N) is 1. The lowest BCUT2D eigenvalue weighted by Gasteiger charge is -2.30. The SMILES string of the molecule is CCc1ccc(S(=O)(=O)N2CCC(C(=O)NC(C)C)CC2)s1. The molecule has 2 rings (SSSR count). The van der Waals surface area contributed by atoms with E-state index < -0.39 is 10.0 Å². The van der Waals surface area contributed by atoms with Crippen molar-refractivity contribution in [1.29, 1.82) is 0 Å². The van der Waals surface area contributed by atoms with E-state index in [2.05, 4.69) is 5.32 Å². The minimum atomic E-state index is -3.40. The van der Waals surface area contributed by atoms with Crippen LogP contribution >= 0.6 is 11.3 Å². The van der Waals surface area contributed by atoms with Gasteiger partial charge in [-0.05, 0) is 45.2 Å². The molecule has 0 saturated carbocycles. The molecule has 1 aliphatic heterocycles. The van der Waals surface area contributed by atoms with Gasteiger partial charge in [0, 0.05) is 29.9 Å². The average Bonchev–Trinajstić information content (AvgIpc) is 2.96. The van der Waals surface area contributed by atoms with Crippen molar-refractivity contribution >= 4 is 27.3 Å². The van der Waals surface area contributed by atoms with Crippen LogP contribution in [0, 0.1) is 5.92 Å². The Kier molecular flexibility index (Phi) is 5.63. The first kappa shape index (κ1) is 17.4. The Balaban J connectivity index is 2.00. The number of hydrogen-bond acceptors (Lipinski definition) is 4. The first-order valence-electron chi connectivity index (χ1n) is 7.73. The van der Waals surface area contributed by atoms with Crippen LogP contribution in [0.25, 0.3) is 0 Å². The molecule has 0 bridgehead atoms. The van der Waals surface area contributed by atoms with Gasteiger partial charge in [-0.1, -0.05) is 6.92 Å². The zero-order chi connectivity index (χ0) is 16.3. The summed E-state index contributed by atoms with van der Waals surface area (Å²) in [6, 6.07) is 3.68. The molecule has 2 heterocycles. The molecule has 1 aliphatic rings. The highest BCUT2D eigenvalue weighted by Crippen LogP contribution is 2.28. The van der Waals surface area contributed by atoms with E-state index in [1.807, 2.05) is 26.8 Å². The molecule has 7 heteroatoms. The summed E-state index contributed by atoms with van der Waals surface area (Å²) in [5.41, 5.74) is 0. The summed E-state index contributed by atoms with van der Waals surface area (Å²) >= 11 is 1.34. The molecule has 0 atom stereocenters. The second-order valence-corrected chi connectivity index (χ2v) is 9.25. The molecule has 1 aromatic rings. The largest absolute Gasteiger partial charge is 0.354 e. The van der Waals surface area contributed by atoms with Gasteiger partial charge in [-0.2, -0.15) is 4.31 Å². The van der Waals surface area contributed by atoms with Crippen LogP contribution in [0.15, 0.2) is 16.3 Å². The molecule has 0 aromatic carbocycles. The highest BCUT2D eigenvalue weighted by Gasteiger charge is 2.32. The first-order chi connectivity index (χ1) is 10.3. The maximum absolute atomic E-state index is 12.6. The number of nitrogens with one attached hydrogen (secondary N) is 1. The Morgan fingerprint density at radius 3 is 2.50 bits per heavy atom. The molecule has 1 aromatic heterocycles. The van der Waals surface area contributed by atoms with E-state index in [1.165, 1.54) is 15.6 Å². The van der Waals surface area contributed by atoms with E-state index in [4.69, 9.17) is 0 Å². The predicted molar refractivity (Wildman–Crippen MR) is 88.5 cm³/mol. The summed E-state index contributed by atoms with van der Waals surface area (Å²) in [6.07, 6.45) is 2.02. The number of piperidine rings is 1. The lowest BCUT2D eigenvalue weighted by molar-refractivity contribution is -0.126. The molecule has 0 unspecified atom stereocenters. The van der Waals surface area contributed by atoms with Crippen molar-refractivity contribution < 1.29 is 13.2 Å². The van der Waals surface area contributed by atoms with Gasteiger partial charge in [0.25, 0.3) is 10.0 Å². The highest BCUT2D eigenvalue weighted by atomic mass is 32.2. The van der Waals surface area contributed by atoms with Crippen molar-refractivity contribution in [3.05, 3.63) is 17.0 Å². The molecule has 1 saturated heterocycles. The molecule has 1 N–H and O–H groups in total. The monoisotopic (exact) mass is 344 g/mol. The normalized spacial score (nSPS) is 17.8. The molecule has 0 aliphatic carbocycles. The van der Waals surface area contributed by atoms with Crippen LogP contribution in [0.2, 0.25) is 0 Å². The highest BCUT2D eigenvalue weighted by molar-refractivity contribution is 7.91. The van der Waals surface area contributed by atoms with Crippen molar-refractivity contribution in [2.75, 3.05) is 13.1 Å². The van der Waals surface area contributed by atoms with Crippen molar-refractivity contribution in [1.82, 2.24) is 9.62 Å². The van der Waals surface area contributed by atoms with Gasteiger partial charge in [-0.25, -0.2) is 8.42 Å². The third-order valence-corrected chi connectivity index (χ3v) is 7.43. The van der Waals surface area contributed by atoms with E-state index in [0.717, 1.165) is 11.3 Å². The Labute approximate surface area is 136 Å². The summed E-state index contributed by atoms with van der Waals surface area (Å²) in [5, 5.41) is 2.90. The maximum atomic E-state index is 12.6. The number of aryl methyl sites for hydroxylation is 1. The summed E-state index contributed by atoms with van der Waals surface area (Å²) in [6.45, 7) is 6.70. The standard InChI is InChI=1S/C15H24N2O3S2/c1-4-13-5-6-14(21-13)22(19,20)17-9-7-12(8-10-17)15(18)16-11(2)3/h5-6,11-12H,4,7-10H2,1-3H3,(H,16,18). The zero-order valence-corrected chi connectivity index (χ0v) is 15.0. The Hall–Kier alpha value is -0.920. The first-order valence-corrected chi connectivity index (χ1v) is 9.99. The number of amides is 1. The van der Waals surface area contributed by atoms with Crippen molar-refractivity contribution in [2.24, 2.45) is 5.92 Å². The van der Waals surface area contributed by atoms with Crippen LogP contribution in [0.4, 0.5) is 0 Å². The van der Waals surface area contributed by atoms with E-state index in [9.17, 15) is 13.2 Å². The number of carbonyl (C=O) groups excluding carboxylic acids is 1. The van der Waals surface area contributed by atoms with E-state index >= 15 is 0 Å². The van der Waals surface area contributed by atoms with Crippen LogP contribution in [-0.2, 0) is 21.2 Å². The zero-order valence-electron chi connectivity index (χ0n) is 13.3. The molecular weight excluding hydrogens is 320 g/mol. The lowest BCUT2D eigenvalue weighted by Crippen LogP contribution is -2.44. The fourth-order valence-electron chi connectivity index (χ4n) is 2.57. The predicted octanol–water partition coefficient (Wildman–Crippen LogP) is 2.24. The van der Waals surface area contributed by atoms with Gasteiger partial charge in [0.15, 0.2) is 0 Å². The number of carbonyl (C=O) groups is 1. The lowest BCUT2D eigenvalue weighted by atomic mass is 9.97. The van der Waals surface area contributed by atoms with Crippen LogP contribution < -0.4 is 5.32 Å². The van der Waals surface area contributed by atoms with Gasteiger partial charge in [-0.3, -0.25) is 4.79 Å². The van der Waals surface area contributed by atoms with Gasteiger partial charge in [-0.15, -0.1) is 11.3 Å². The van der Waals surface area contributed by atoms with Crippen LogP contribution in [0.1, 0.15) is 38.5 Å². The number of rotatable bonds is 5. The molecule has 1 amide bonds.